The van der Waals surface area contributed by atoms with E-state index in [0.29, 0.717) is 6.54 Å². The topological polar surface area (TPSA) is 75.1 Å². The van der Waals surface area contributed by atoms with Crippen LogP contribution in [0.2, 0.25) is 5.15 Å². The molecule has 0 saturated carbocycles. The summed E-state index contributed by atoms with van der Waals surface area (Å²) in [6, 6.07) is 0. The van der Waals surface area contributed by atoms with Gasteiger partial charge in [-0.2, -0.15) is 0 Å². The molecule has 0 spiro atoms. The van der Waals surface area contributed by atoms with E-state index >= 15 is 0 Å². The molecule has 0 aliphatic carbocycles. The monoisotopic (exact) mass is 243 g/mol. The summed E-state index contributed by atoms with van der Waals surface area (Å²) < 4.78 is 0. The van der Waals surface area contributed by atoms with Crippen LogP contribution >= 0.6 is 11.6 Å². The Bertz CT molecular complexity index is 329. The fraction of sp³-hybridized carbons (Fsp3) is 0.500. The highest BCUT2D eigenvalue weighted by molar-refractivity contribution is 6.29. The van der Waals surface area contributed by atoms with Crippen LogP contribution in [-0.4, -0.2) is 34.1 Å². The molecule has 0 fully saturated rings. The zero-order chi connectivity index (χ0) is 11.8. The van der Waals surface area contributed by atoms with Gasteiger partial charge < -0.3 is 10.4 Å². The van der Waals surface area contributed by atoms with E-state index in [-0.39, 0.29) is 23.4 Å². The molecule has 0 saturated heterocycles. The highest BCUT2D eigenvalue weighted by Gasteiger charge is 2.06. The Labute approximate surface area is 98.9 Å². The molecule has 2 N–H and O–H groups in total. The van der Waals surface area contributed by atoms with Gasteiger partial charge in [-0.25, -0.2) is 9.97 Å². The Morgan fingerprint density at radius 2 is 2.12 bits per heavy atom. The van der Waals surface area contributed by atoms with E-state index in [1.165, 1.54) is 12.4 Å². The fourth-order valence-electron chi connectivity index (χ4n) is 1.14. The van der Waals surface area contributed by atoms with Gasteiger partial charge in [0.05, 0.1) is 12.4 Å². The van der Waals surface area contributed by atoms with E-state index in [9.17, 15) is 4.79 Å². The summed E-state index contributed by atoms with van der Waals surface area (Å²) in [5.41, 5.74) is 0.256. The van der Waals surface area contributed by atoms with Crippen LogP contribution in [0.15, 0.2) is 12.4 Å². The van der Waals surface area contributed by atoms with E-state index in [1.807, 2.05) is 0 Å². The van der Waals surface area contributed by atoms with Gasteiger partial charge in [0.2, 0.25) is 0 Å². The second kappa shape index (κ2) is 7.14. The molecule has 0 radical (unpaired) electrons. The maximum absolute atomic E-state index is 11.5. The summed E-state index contributed by atoms with van der Waals surface area (Å²) >= 11 is 5.55. The average Bonchev–Trinajstić information content (AvgIpc) is 2.29. The molecule has 0 aliphatic rings. The first-order chi connectivity index (χ1) is 7.74. The normalized spacial score (nSPS) is 10.1. The Kier molecular flexibility index (Phi) is 5.74. The van der Waals surface area contributed by atoms with Crippen molar-refractivity contribution in [3.63, 3.8) is 0 Å². The van der Waals surface area contributed by atoms with E-state index < -0.39 is 0 Å². The summed E-state index contributed by atoms with van der Waals surface area (Å²) in [6.45, 7) is 0.764. The van der Waals surface area contributed by atoms with Crippen LogP contribution in [0.3, 0.4) is 0 Å². The average molecular weight is 244 g/mol. The van der Waals surface area contributed by atoms with Crippen molar-refractivity contribution in [2.75, 3.05) is 13.2 Å². The van der Waals surface area contributed by atoms with Gasteiger partial charge in [0.15, 0.2) is 0 Å². The minimum atomic E-state index is -0.256. The van der Waals surface area contributed by atoms with Crippen molar-refractivity contribution >= 4 is 17.5 Å². The van der Waals surface area contributed by atoms with Gasteiger partial charge in [-0.15, -0.1) is 0 Å². The molecule has 6 heteroatoms. The van der Waals surface area contributed by atoms with Crippen LogP contribution in [0.25, 0.3) is 0 Å². The zero-order valence-electron chi connectivity index (χ0n) is 8.82. The fourth-order valence-corrected chi connectivity index (χ4v) is 1.23. The van der Waals surface area contributed by atoms with Crippen LogP contribution < -0.4 is 5.32 Å². The van der Waals surface area contributed by atoms with Gasteiger partial charge in [0.1, 0.15) is 10.8 Å². The number of aromatic nitrogens is 2. The lowest BCUT2D eigenvalue weighted by Crippen LogP contribution is -2.25. The predicted octanol–water partition coefficient (Wildman–Crippen LogP) is 1.02. The molecule has 1 heterocycles. The number of hydrogen-bond donors (Lipinski definition) is 2. The number of rotatable bonds is 6. The Morgan fingerprint density at radius 1 is 1.31 bits per heavy atom. The van der Waals surface area contributed by atoms with Gasteiger partial charge in [0.25, 0.3) is 5.91 Å². The number of carbonyl (C=O) groups excluding carboxylic acids is 1. The number of nitrogens with one attached hydrogen (secondary N) is 1. The van der Waals surface area contributed by atoms with Gasteiger partial charge in [0, 0.05) is 13.2 Å². The van der Waals surface area contributed by atoms with E-state index in [0.717, 1.165) is 19.3 Å². The van der Waals surface area contributed by atoms with E-state index in [2.05, 4.69) is 15.3 Å². The van der Waals surface area contributed by atoms with Crippen LogP contribution in [0, 0.1) is 0 Å². The minimum Gasteiger partial charge on any atom is -0.396 e. The highest BCUT2D eigenvalue weighted by Crippen LogP contribution is 2.01. The second-order valence-electron chi connectivity index (χ2n) is 3.26. The van der Waals surface area contributed by atoms with Gasteiger partial charge >= 0.3 is 0 Å². The van der Waals surface area contributed by atoms with E-state index in [1.54, 1.807) is 0 Å². The third kappa shape index (κ3) is 4.55. The molecule has 0 aliphatic heterocycles. The Morgan fingerprint density at radius 3 is 2.75 bits per heavy atom. The smallest absolute Gasteiger partial charge is 0.271 e. The standard InChI is InChI=1S/C10H14ClN3O2/c11-9-7-13-8(6-14-9)10(16)12-4-2-1-3-5-15/h6-7,15H,1-5H2,(H,12,16). The molecular weight excluding hydrogens is 230 g/mol. The molecule has 1 aromatic rings. The number of halogens is 1. The molecule has 16 heavy (non-hydrogen) atoms. The van der Waals surface area contributed by atoms with Crippen molar-refractivity contribution in [1.82, 2.24) is 15.3 Å². The molecule has 1 amide bonds. The molecule has 88 valence electrons. The number of nitrogens with zero attached hydrogens (tertiary/aromatic N) is 2. The highest BCUT2D eigenvalue weighted by atomic mass is 35.5. The summed E-state index contributed by atoms with van der Waals surface area (Å²) in [4.78, 5) is 19.1. The SMILES string of the molecule is O=C(NCCCCCO)c1cnc(Cl)cn1. The molecule has 1 rings (SSSR count). The van der Waals surface area contributed by atoms with E-state index in [4.69, 9.17) is 16.7 Å². The third-order valence-electron chi connectivity index (χ3n) is 1.97. The van der Waals surface area contributed by atoms with Gasteiger partial charge in [-0.05, 0) is 19.3 Å². The number of amides is 1. The molecule has 0 aromatic carbocycles. The number of carbonyl (C=O) groups is 1. The number of hydrogen-bond acceptors (Lipinski definition) is 4. The third-order valence-corrected chi connectivity index (χ3v) is 2.17. The van der Waals surface area contributed by atoms with Gasteiger partial charge in [-0.3, -0.25) is 4.79 Å². The summed E-state index contributed by atoms with van der Waals surface area (Å²) in [7, 11) is 0. The Hall–Kier alpha value is -1.20. The van der Waals surface area contributed by atoms with Crippen LogP contribution in [0.4, 0.5) is 0 Å². The van der Waals surface area contributed by atoms with Crippen molar-refractivity contribution in [2.24, 2.45) is 0 Å². The number of aliphatic hydroxyl groups excluding tert-OH is 1. The number of aliphatic hydroxyl groups is 1. The van der Waals surface area contributed by atoms with Crippen molar-refractivity contribution < 1.29 is 9.90 Å². The van der Waals surface area contributed by atoms with Crippen LogP contribution in [0.1, 0.15) is 29.8 Å². The van der Waals surface area contributed by atoms with Crippen molar-refractivity contribution in [3.05, 3.63) is 23.2 Å². The molecule has 5 nitrogen and oxygen atoms in total. The van der Waals surface area contributed by atoms with Gasteiger partial charge in [-0.1, -0.05) is 11.6 Å². The lowest BCUT2D eigenvalue weighted by molar-refractivity contribution is 0.0947. The Balaban J connectivity index is 2.27. The van der Waals surface area contributed by atoms with Crippen molar-refractivity contribution in [1.29, 1.82) is 0 Å². The lowest BCUT2D eigenvalue weighted by atomic mass is 10.2. The maximum atomic E-state index is 11.5. The summed E-state index contributed by atoms with van der Waals surface area (Å²) in [5.74, 6) is -0.256. The molecule has 0 unspecified atom stereocenters. The first-order valence-corrected chi connectivity index (χ1v) is 5.48. The second-order valence-corrected chi connectivity index (χ2v) is 3.65. The molecular formula is C10H14ClN3O2. The minimum absolute atomic E-state index is 0.191. The van der Waals surface area contributed by atoms with Crippen molar-refractivity contribution in [3.8, 4) is 0 Å². The predicted molar refractivity (Wildman–Crippen MR) is 60.3 cm³/mol. The largest absolute Gasteiger partial charge is 0.396 e. The molecule has 1 aromatic heterocycles. The van der Waals surface area contributed by atoms with Crippen LogP contribution in [-0.2, 0) is 0 Å². The van der Waals surface area contributed by atoms with Crippen molar-refractivity contribution in [2.45, 2.75) is 19.3 Å². The zero-order valence-corrected chi connectivity index (χ0v) is 9.57. The molecule has 0 bridgehead atoms. The summed E-state index contributed by atoms with van der Waals surface area (Å²) in [6.07, 6.45) is 5.17. The first kappa shape index (κ1) is 12.9. The van der Waals surface area contributed by atoms with Crippen LogP contribution in [0.5, 0.6) is 0 Å². The molecule has 0 atom stereocenters. The quantitative estimate of drug-likeness (QED) is 0.732. The number of unbranched alkanes of at least 4 members (excludes halogenated alkanes) is 2. The maximum Gasteiger partial charge on any atom is 0.271 e. The first-order valence-electron chi connectivity index (χ1n) is 5.10. The summed E-state index contributed by atoms with van der Waals surface area (Å²) in [5, 5.41) is 11.5. The lowest BCUT2D eigenvalue weighted by Gasteiger charge is -2.03.